The molecule has 0 N–H and O–H groups in total. The van der Waals surface area contributed by atoms with E-state index in [0.29, 0.717) is 0 Å². The van der Waals surface area contributed by atoms with Crippen LogP contribution in [0.5, 0.6) is 0 Å². The summed E-state index contributed by atoms with van der Waals surface area (Å²) in [5.41, 5.74) is 5.24. The van der Waals surface area contributed by atoms with Crippen molar-refractivity contribution in [3.8, 4) is 5.69 Å². The number of nitrogens with zero attached hydrogens (tertiary/aromatic N) is 3. The number of pyridine rings is 1. The fourth-order valence-electron chi connectivity index (χ4n) is 2.75. The molecular weight excluding hydrogens is 338 g/mol. The van der Waals surface area contributed by atoms with Crippen molar-refractivity contribution in [3.63, 3.8) is 0 Å². The number of fused-ring (bicyclic) bond motifs is 1. The maximum atomic E-state index is 4.90. The summed E-state index contributed by atoms with van der Waals surface area (Å²) in [7, 11) is 0. The van der Waals surface area contributed by atoms with Gasteiger partial charge in [0.2, 0.25) is 0 Å². The first kappa shape index (κ1) is 15.2. The average Bonchev–Trinajstić information content (AvgIpc) is 2.90. The van der Waals surface area contributed by atoms with Crippen LogP contribution in [0.2, 0.25) is 0 Å². The van der Waals surface area contributed by atoms with Crippen molar-refractivity contribution in [2.24, 2.45) is 0 Å². The van der Waals surface area contributed by atoms with Gasteiger partial charge in [0, 0.05) is 16.6 Å². The third-order valence-electron chi connectivity index (χ3n) is 3.97. The predicted molar refractivity (Wildman–Crippen MR) is 94.7 cm³/mol. The summed E-state index contributed by atoms with van der Waals surface area (Å²) in [5, 5.41) is 0. The Morgan fingerprint density at radius 2 is 1.82 bits per heavy atom. The highest BCUT2D eigenvalue weighted by molar-refractivity contribution is 9.10. The number of aromatic nitrogens is 3. The molecule has 2 aromatic heterocycles. The van der Waals surface area contributed by atoms with Gasteiger partial charge in [0.25, 0.3) is 0 Å². The van der Waals surface area contributed by atoms with Crippen molar-refractivity contribution in [1.29, 1.82) is 0 Å². The van der Waals surface area contributed by atoms with Crippen LogP contribution in [0.4, 0.5) is 0 Å². The summed E-state index contributed by atoms with van der Waals surface area (Å²) in [5.74, 6) is 1.09. The van der Waals surface area contributed by atoms with Crippen molar-refractivity contribution in [3.05, 3.63) is 51.9 Å². The summed E-state index contributed by atoms with van der Waals surface area (Å²) in [4.78, 5) is 9.69. The van der Waals surface area contributed by atoms with Crippen LogP contribution in [0.1, 0.15) is 36.8 Å². The summed E-state index contributed by atoms with van der Waals surface area (Å²) in [6, 6.07) is 10.4. The second kappa shape index (κ2) is 6.21. The summed E-state index contributed by atoms with van der Waals surface area (Å²) in [6.07, 6.45) is 3.26. The smallest absolute Gasteiger partial charge is 0.165 e. The number of rotatable bonds is 4. The first-order chi connectivity index (χ1) is 10.6. The Balaban J connectivity index is 2.31. The maximum Gasteiger partial charge on any atom is 0.165 e. The maximum absolute atomic E-state index is 4.90. The Hall–Kier alpha value is -1.68. The van der Waals surface area contributed by atoms with Gasteiger partial charge < -0.3 is 0 Å². The van der Waals surface area contributed by atoms with Crippen LogP contribution in [0.3, 0.4) is 0 Å². The lowest BCUT2D eigenvalue weighted by Gasteiger charge is -2.09. The van der Waals surface area contributed by atoms with E-state index in [1.165, 1.54) is 0 Å². The van der Waals surface area contributed by atoms with Crippen molar-refractivity contribution < 1.29 is 0 Å². The van der Waals surface area contributed by atoms with Gasteiger partial charge in [-0.2, -0.15) is 0 Å². The van der Waals surface area contributed by atoms with Gasteiger partial charge >= 0.3 is 0 Å². The monoisotopic (exact) mass is 357 g/mol. The molecule has 0 saturated carbocycles. The summed E-state index contributed by atoms with van der Waals surface area (Å²) < 4.78 is 3.26. The average molecular weight is 358 g/mol. The first-order valence-corrected chi connectivity index (χ1v) is 8.52. The molecule has 0 radical (unpaired) electrons. The number of hydrogen-bond acceptors (Lipinski definition) is 2. The van der Waals surface area contributed by atoms with Crippen LogP contribution in [-0.4, -0.2) is 14.5 Å². The van der Waals surface area contributed by atoms with Crippen LogP contribution in [0.25, 0.3) is 16.9 Å². The van der Waals surface area contributed by atoms with Crippen molar-refractivity contribution in [2.45, 2.75) is 40.0 Å². The molecule has 0 amide bonds. The minimum absolute atomic E-state index is 0.954. The third-order valence-corrected chi connectivity index (χ3v) is 5.14. The first-order valence-electron chi connectivity index (χ1n) is 7.73. The zero-order valence-electron chi connectivity index (χ0n) is 13.2. The summed E-state index contributed by atoms with van der Waals surface area (Å²) >= 11 is 3.63. The fourth-order valence-corrected chi connectivity index (χ4v) is 3.02. The van der Waals surface area contributed by atoms with Gasteiger partial charge in [-0.05, 0) is 53.9 Å². The molecule has 2 heterocycles. The van der Waals surface area contributed by atoms with E-state index >= 15 is 0 Å². The van der Waals surface area contributed by atoms with E-state index in [0.717, 1.165) is 57.7 Å². The lowest BCUT2D eigenvalue weighted by Crippen LogP contribution is -2.02. The standard InChI is InChI=1S/C18H20BrN3/c1-4-5-11-15-21-17-12(2)16(19)13(3)20-18(17)22(15)14-9-7-6-8-10-14/h6-10H,4-5,11H2,1-3H3. The van der Waals surface area contributed by atoms with Gasteiger partial charge in [0.15, 0.2) is 5.65 Å². The van der Waals surface area contributed by atoms with E-state index in [1.54, 1.807) is 0 Å². The third kappa shape index (κ3) is 2.56. The van der Waals surface area contributed by atoms with Crippen LogP contribution < -0.4 is 0 Å². The van der Waals surface area contributed by atoms with Crippen LogP contribution in [0.15, 0.2) is 34.8 Å². The summed E-state index contributed by atoms with van der Waals surface area (Å²) in [6.45, 7) is 6.34. The molecule has 114 valence electrons. The molecule has 0 aliphatic carbocycles. The second-order valence-corrected chi connectivity index (χ2v) is 6.40. The van der Waals surface area contributed by atoms with Crippen LogP contribution >= 0.6 is 15.9 Å². The molecule has 0 aliphatic rings. The number of unbranched alkanes of at least 4 members (excludes halogenated alkanes) is 1. The zero-order valence-corrected chi connectivity index (χ0v) is 14.8. The minimum Gasteiger partial charge on any atom is -0.281 e. The number of halogens is 1. The van der Waals surface area contributed by atoms with E-state index in [-0.39, 0.29) is 0 Å². The molecule has 3 rings (SSSR count). The SMILES string of the molecule is CCCCc1nc2c(C)c(Br)c(C)nc2n1-c1ccccc1. The molecule has 0 unspecified atom stereocenters. The molecule has 0 aliphatic heterocycles. The van der Waals surface area contributed by atoms with E-state index in [1.807, 2.05) is 13.0 Å². The lowest BCUT2D eigenvalue weighted by molar-refractivity contribution is 0.742. The van der Waals surface area contributed by atoms with Crippen LogP contribution in [0, 0.1) is 13.8 Å². The Morgan fingerprint density at radius 1 is 1.09 bits per heavy atom. The molecular formula is C18H20BrN3. The number of imidazole rings is 1. The molecule has 22 heavy (non-hydrogen) atoms. The molecule has 0 saturated heterocycles. The Labute approximate surface area is 139 Å². The molecule has 0 spiro atoms. The largest absolute Gasteiger partial charge is 0.281 e. The molecule has 0 fully saturated rings. The lowest BCUT2D eigenvalue weighted by atomic mass is 10.2. The normalized spacial score (nSPS) is 11.3. The van der Waals surface area contributed by atoms with Gasteiger partial charge in [-0.15, -0.1) is 0 Å². The fraction of sp³-hybridized carbons (Fsp3) is 0.333. The number of aryl methyl sites for hydroxylation is 3. The van der Waals surface area contributed by atoms with Crippen molar-refractivity contribution >= 4 is 27.1 Å². The van der Waals surface area contributed by atoms with Crippen molar-refractivity contribution in [2.75, 3.05) is 0 Å². The van der Waals surface area contributed by atoms with Gasteiger partial charge in [-0.25, -0.2) is 9.97 Å². The molecule has 3 nitrogen and oxygen atoms in total. The highest BCUT2D eigenvalue weighted by Crippen LogP contribution is 2.29. The minimum atomic E-state index is 0.954. The van der Waals surface area contributed by atoms with Gasteiger partial charge in [0.05, 0.1) is 5.69 Å². The van der Waals surface area contributed by atoms with Crippen LogP contribution in [-0.2, 0) is 6.42 Å². The Kier molecular flexibility index (Phi) is 4.30. The number of para-hydroxylation sites is 1. The molecule has 4 heteroatoms. The van der Waals surface area contributed by atoms with E-state index < -0.39 is 0 Å². The highest BCUT2D eigenvalue weighted by atomic mass is 79.9. The zero-order chi connectivity index (χ0) is 15.7. The quantitative estimate of drug-likeness (QED) is 0.646. The van der Waals surface area contributed by atoms with E-state index in [4.69, 9.17) is 9.97 Å². The molecule has 3 aromatic rings. The molecule has 0 atom stereocenters. The Morgan fingerprint density at radius 3 is 2.50 bits per heavy atom. The Bertz CT molecular complexity index is 806. The molecule has 0 bridgehead atoms. The van der Waals surface area contributed by atoms with E-state index in [9.17, 15) is 0 Å². The van der Waals surface area contributed by atoms with Gasteiger partial charge in [-0.1, -0.05) is 31.5 Å². The number of hydrogen-bond donors (Lipinski definition) is 0. The van der Waals surface area contributed by atoms with Crippen molar-refractivity contribution in [1.82, 2.24) is 14.5 Å². The molecule has 1 aromatic carbocycles. The predicted octanol–water partition coefficient (Wildman–Crippen LogP) is 5.14. The topological polar surface area (TPSA) is 30.7 Å². The second-order valence-electron chi connectivity index (χ2n) is 5.61. The highest BCUT2D eigenvalue weighted by Gasteiger charge is 2.17. The van der Waals surface area contributed by atoms with Gasteiger partial charge in [0.1, 0.15) is 11.3 Å². The van der Waals surface area contributed by atoms with Gasteiger partial charge in [-0.3, -0.25) is 4.57 Å². The van der Waals surface area contributed by atoms with E-state index in [2.05, 4.69) is 58.6 Å². The number of benzene rings is 1.